The van der Waals surface area contributed by atoms with Crippen LogP contribution in [0.4, 0.5) is 5.69 Å². The van der Waals surface area contributed by atoms with Crippen molar-refractivity contribution in [2.24, 2.45) is 0 Å². The summed E-state index contributed by atoms with van der Waals surface area (Å²) >= 11 is 11.7. The Kier molecular flexibility index (Phi) is 5.88. The highest BCUT2D eigenvalue weighted by Crippen LogP contribution is 2.18. The smallest absolute Gasteiger partial charge is 0.253 e. The van der Waals surface area contributed by atoms with E-state index in [0.717, 1.165) is 27.9 Å². The fourth-order valence-electron chi connectivity index (χ4n) is 3.25. The van der Waals surface area contributed by atoms with Crippen molar-refractivity contribution in [1.29, 1.82) is 0 Å². The van der Waals surface area contributed by atoms with Crippen LogP contribution in [0.25, 0.3) is 10.9 Å². The van der Waals surface area contributed by atoms with Crippen molar-refractivity contribution in [3.05, 3.63) is 99.2 Å². The molecule has 0 aliphatic carbocycles. The standard InChI is InChI=1S/C23H20ClN3O2S/c1-15-7-8-21-16(10-15)11-17(22(28)26-21)13-27(14-20-6-3-9-29-20)23(30)25-19-5-2-4-18(24)12-19/h2-12H,13-14H2,1H3,(H,25,30)(H,26,28). The molecule has 0 unspecified atom stereocenters. The van der Waals surface area contributed by atoms with Crippen LogP contribution in [0.3, 0.4) is 0 Å². The van der Waals surface area contributed by atoms with Gasteiger partial charge in [0.2, 0.25) is 0 Å². The van der Waals surface area contributed by atoms with Gasteiger partial charge >= 0.3 is 0 Å². The van der Waals surface area contributed by atoms with Crippen molar-refractivity contribution in [3.63, 3.8) is 0 Å². The molecule has 7 heteroatoms. The molecule has 5 nitrogen and oxygen atoms in total. The van der Waals surface area contributed by atoms with Crippen LogP contribution < -0.4 is 10.9 Å². The van der Waals surface area contributed by atoms with Crippen LogP contribution in [0.2, 0.25) is 5.02 Å². The summed E-state index contributed by atoms with van der Waals surface area (Å²) in [7, 11) is 0. The molecule has 4 aromatic rings. The average Bonchev–Trinajstić information content (AvgIpc) is 3.21. The molecular weight excluding hydrogens is 418 g/mol. The van der Waals surface area contributed by atoms with Crippen molar-refractivity contribution in [2.75, 3.05) is 5.32 Å². The molecule has 0 aliphatic heterocycles. The first-order valence-corrected chi connectivity index (χ1v) is 10.2. The van der Waals surface area contributed by atoms with E-state index in [9.17, 15) is 4.79 Å². The number of fused-ring (bicyclic) bond motifs is 1. The number of pyridine rings is 1. The zero-order valence-electron chi connectivity index (χ0n) is 16.3. The van der Waals surface area contributed by atoms with E-state index in [2.05, 4.69) is 10.3 Å². The predicted octanol–water partition coefficient (Wildman–Crippen LogP) is 5.48. The maximum Gasteiger partial charge on any atom is 0.253 e. The zero-order valence-corrected chi connectivity index (χ0v) is 17.9. The fourth-order valence-corrected chi connectivity index (χ4v) is 3.69. The molecule has 0 fully saturated rings. The largest absolute Gasteiger partial charge is 0.467 e. The highest BCUT2D eigenvalue weighted by molar-refractivity contribution is 7.80. The number of H-pyrrole nitrogens is 1. The topological polar surface area (TPSA) is 61.3 Å². The maximum atomic E-state index is 12.7. The molecule has 0 bridgehead atoms. The molecule has 0 saturated heterocycles. The predicted molar refractivity (Wildman–Crippen MR) is 125 cm³/mol. The van der Waals surface area contributed by atoms with Gasteiger partial charge in [-0.2, -0.15) is 0 Å². The number of aryl methyl sites for hydroxylation is 1. The molecule has 2 aromatic heterocycles. The second-order valence-corrected chi connectivity index (χ2v) is 7.91. The molecule has 0 atom stereocenters. The minimum Gasteiger partial charge on any atom is -0.467 e. The third kappa shape index (κ3) is 4.72. The number of nitrogens with zero attached hydrogens (tertiary/aromatic N) is 1. The number of nitrogens with one attached hydrogen (secondary N) is 2. The normalized spacial score (nSPS) is 10.9. The van der Waals surface area contributed by atoms with Gasteiger partial charge in [-0.3, -0.25) is 4.79 Å². The Labute approximate surface area is 184 Å². The summed E-state index contributed by atoms with van der Waals surface area (Å²) in [5.74, 6) is 0.748. The van der Waals surface area contributed by atoms with E-state index >= 15 is 0 Å². The number of hydrogen-bond donors (Lipinski definition) is 2. The second kappa shape index (κ2) is 8.73. The molecule has 2 N–H and O–H groups in total. The van der Waals surface area contributed by atoms with Crippen molar-refractivity contribution in [1.82, 2.24) is 9.88 Å². The number of halogens is 1. The summed E-state index contributed by atoms with van der Waals surface area (Å²) in [5, 5.41) is 5.27. The van der Waals surface area contributed by atoms with Crippen LogP contribution >= 0.6 is 23.8 Å². The van der Waals surface area contributed by atoms with E-state index in [0.29, 0.717) is 28.8 Å². The molecule has 30 heavy (non-hydrogen) atoms. The van der Waals surface area contributed by atoms with E-state index < -0.39 is 0 Å². The summed E-state index contributed by atoms with van der Waals surface area (Å²) in [6, 6.07) is 18.9. The summed E-state index contributed by atoms with van der Waals surface area (Å²) < 4.78 is 5.50. The molecule has 0 saturated carbocycles. The van der Waals surface area contributed by atoms with Crippen LogP contribution in [-0.4, -0.2) is 15.0 Å². The number of furan rings is 1. The first-order chi connectivity index (χ1) is 14.5. The van der Waals surface area contributed by atoms with Crippen molar-refractivity contribution in [2.45, 2.75) is 20.0 Å². The summed E-state index contributed by atoms with van der Waals surface area (Å²) in [6.45, 7) is 2.77. The summed E-state index contributed by atoms with van der Waals surface area (Å²) in [4.78, 5) is 17.5. The number of thiocarbonyl (C=S) groups is 1. The molecule has 0 spiro atoms. The van der Waals surface area contributed by atoms with Crippen LogP contribution in [0.15, 0.2) is 76.1 Å². The van der Waals surface area contributed by atoms with E-state index in [-0.39, 0.29) is 5.56 Å². The van der Waals surface area contributed by atoms with Gasteiger partial charge in [-0.15, -0.1) is 0 Å². The van der Waals surface area contributed by atoms with Gasteiger partial charge in [-0.05, 0) is 73.1 Å². The second-order valence-electron chi connectivity index (χ2n) is 7.09. The maximum absolute atomic E-state index is 12.7. The van der Waals surface area contributed by atoms with Crippen molar-refractivity contribution >= 4 is 45.5 Å². The minimum absolute atomic E-state index is 0.138. The van der Waals surface area contributed by atoms with Gasteiger partial charge in [-0.25, -0.2) is 0 Å². The lowest BCUT2D eigenvalue weighted by molar-refractivity contribution is 0.359. The third-order valence-electron chi connectivity index (χ3n) is 4.73. The van der Waals surface area contributed by atoms with Gasteiger partial charge in [0.1, 0.15) is 5.76 Å². The van der Waals surface area contributed by atoms with E-state index in [4.69, 9.17) is 28.2 Å². The Hall–Kier alpha value is -3.09. The zero-order chi connectivity index (χ0) is 21.1. The lowest BCUT2D eigenvalue weighted by Crippen LogP contribution is -2.35. The highest BCUT2D eigenvalue weighted by Gasteiger charge is 2.16. The lowest BCUT2D eigenvalue weighted by Gasteiger charge is -2.25. The molecule has 0 amide bonds. The monoisotopic (exact) mass is 437 g/mol. The lowest BCUT2D eigenvalue weighted by atomic mass is 10.1. The van der Waals surface area contributed by atoms with Gasteiger partial charge in [0.05, 0.1) is 19.4 Å². The van der Waals surface area contributed by atoms with Crippen LogP contribution in [-0.2, 0) is 13.1 Å². The molecule has 2 heterocycles. The Morgan fingerprint density at radius 2 is 2.00 bits per heavy atom. The third-order valence-corrected chi connectivity index (χ3v) is 5.32. The first-order valence-electron chi connectivity index (χ1n) is 9.44. The van der Waals surface area contributed by atoms with Gasteiger partial charge in [-0.1, -0.05) is 29.3 Å². The Morgan fingerprint density at radius 1 is 1.13 bits per heavy atom. The van der Waals surface area contributed by atoms with Crippen molar-refractivity contribution < 1.29 is 4.42 Å². The van der Waals surface area contributed by atoms with Gasteiger partial charge in [0, 0.05) is 21.8 Å². The number of aromatic nitrogens is 1. The van der Waals surface area contributed by atoms with E-state index in [1.54, 1.807) is 18.4 Å². The van der Waals surface area contributed by atoms with Crippen LogP contribution in [0, 0.1) is 6.92 Å². The Morgan fingerprint density at radius 3 is 2.77 bits per heavy atom. The highest BCUT2D eigenvalue weighted by atomic mass is 35.5. The van der Waals surface area contributed by atoms with Gasteiger partial charge < -0.3 is 19.6 Å². The first kappa shape index (κ1) is 20.2. The van der Waals surface area contributed by atoms with Gasteiger partial charge in [0.15, 0.2) is 5.11 Å². The number of benzene rings is 2. The Bertz CT molecular complexity index is 1250. The molecule has 0 aliphatic rings. The van der Waals surface area contributed by atoms with Crippen LogP contribution in [0.1, 0.15) is 16.9 Å². The number of anilines is 1. The number of aromatic amines is 1. The van der Waals surface area contributed by atoms with Crippen LogP contribution in [0.5, 0.6) is 0 Å². The molecular formula is C23H20ClN3O2S. The van der Waals surface area contributed by atoms with E-state index in [1.807, 2.05) is 60.4 Å². The average molecular weight is 438 g/mol. The SMILES string of the molecule is Cc1ccc2[nH]c(=O)c(CN(Cc3ccco3)C(=S)Nc3cccc(Cl)c3)cc2c1. The summed E-state index contributed by atoms with van der Waals surface area (Å²) in [6.07, 6.45) is 1.62. The number of rotatable bonds is 5. The number of hydrogen-bond acceptors (Lipinski definition) is 3. The molecule has 4 rings (SSSR count). The van der Waals surface area contributed by atoms with Gasteiger partial charge in [0.25, 0.3) is 5.56 Å². The molecule has 2 aromatic carbocycles. The summed E-state index contributed by atoms with van der Waals surface area (Å²) in [5.41, 5.74) is 3.20. The molecule has 152 valence electrons. The minimum atomic E-state index is -0.138. The van der Waals surface area contributed by atoms with Crippen molar-refractivity contribution in [3.8, 4) is 0 Å². The quantitative estimate of drug-likeness (QED) is 0.405. The van der Waals surface area contributed by atoms with E-state index in [1.165, 1.54) is 0 Å². The Balaban J connectivity index is 1.64. The molecule has 0 radical (unpaired) electrons. The fraction of sp³-hybridized carbons (Fsp3) is 0.130.